The summed E-state index contributed by atoms with van der Waals surface area (Å²) < 4.78 is 0. The molecule has 0 amide bonds. The van der Waals surface area contributed by atoms with Crippen molar-refractivity contribution in [1.29, 1.82) is 0 Å². The summed E-state index contributed by atoms with van der Waals surface area (Å²) >= 11 is 0. The fraction of sp³-hybridized carbons (Fsp3) is 1.00. The number of hydrogen-bond acceptors (Lipinski definition) is 3. The maximum atomic E-state index is 3.48. The van der Waals surface area contributed by atoms with Crippen LogP contribution in [0.25, 0.3) is 0 Å². The Morgan fingerprint density at radius 3 is 2.87 bits per heavy atom. The average molecular weight is 213 g/mol. The van der Waals surface area contributed by atoms with Crippen LogP contribution in [0.5, 0.6) is 0 Å². The molecule has 1 unspecified atom stereocenters. The van der Waals surface area contributed by atoms with Crippen molar-refractivity contribution in [1.82, 2.24) is 15.1 Å². The monoisotopic (exact) mass is 213 g/mol. The van der Waals surface area contributed by atoms with Crippen LogP contribution < -0.4 is 5.32 Å². The van der Waals surface area contributed by atoms with Crippen molar-refractivity contribution in [3.05, 3.63) is 0 Å². The molecule has 0 radical (unpaired) electrons. The van der Waals surface area contributed by atoms with Crippen molar-refractivity contribution < 1.29 is 0 Å². The fourth-order valence-electron chi connectivity index (χ4n) is 2.17. The summed E-state index contributed by atoms with van der Waals surface area (Å²) in [6.45, 7) is 8.48. The molecule has 0 spiro atoms. The van der Waals surface area contributed by atoms with Gasteiger partial charge in [-0.1, -0.05) is 0 Å². The normalized spacial score (nSPS) is 25.2. The van der Waals surface area contributed by atoms with Crippen LogP contribution in [-0.2, 0) is 0 Å². The standard InChI is InChI=1S/C12H27N3/c1-12-6-8-13-7-4-10-15(12)11-5-9-14(2)3/h12-13H,4-11H2,1-3H3. The summed E-state index contributed by atoms with van der Waals surface area (Å²) in [5.74, 6) is 0. The Kier molecular flexibility index (Phi) is 6.22. The lowest BCUT2D eigenvalue weighted by Gasteiger charge is -2.31. The van der Waals surface area contributed by atoms with Crippen LogP contribution in [-0.4, -0.2) is 62.7 Å². The molecule has 15 heavy (non-hydrogen) atoms. The van der Waals surface area contributed by atoms with E-state index in [1.54, 1.807) is 0 Å². The van der Waals surface area contributed by atoms with Crippen molar-refractivity contribution in [3.63, 3.8) is 0 Å². The second-order valence-electron chi connectivity index (χ2n) is 4.93. The molecule has 0 aromatic carbocycles. The molecule has 1 fully saturated rings. The van der Waals surface area contributed by atoms with Gasteiger partial charge in [-0.15, -0.1) is 0 Å². The van der Waals surface area contributed by atoms with E-state index in [9.17, 15) is 0 Å². The zero-order chi connectivity index (χ0) is 11.1. The van der Waals surface area contributed by atoms with Gasteiger partial charge in [0.15, 0.2) is 0 Å². The zero-order valence-corrected chi connectivity index (χ0v) is 10.6. The van der Waals surface area contributed by atoms with Crippen LogP contribution >= 0.6 is 0 Å². The summed E-state index contributed by atoms with van der Waals surface area (Å²) in [6, 6.07) is 0.750. The van der Waals surface area contributed by atoms with Gasteiger partial charge in [0.2, 0.25) is 0 Å². The first-order chi connectivity index (χ1) is 7.20. The van der Waals surface area contributed by atoms with Gasteiger partial charge in [0.1, 0.15) is 0 Å². The molecule has 1 rings (SSSR count). The highest BCUT2D eigenvalue weighted by Crippen LogP contribution is 2.07. The van der Waals surface area contributed by atoms with Gasteiger partial charge in [0, 0.05) is 6.04 Å². The van der Waals surface area contributed by atoms with E-state index in [4.69, 9.17) is 0 Å². The molecular weight excluding hydrogens is 186 g/mol. The second kappa shape index (κ2) is 7.20. The van der Waals surface area contributed by atoms with Gasteiger partial charge < -0.3 is 15.1 Å². The Labute approximate surface area is 94.8 Å². The van der Waals surface area contributed by atoms with Gasteiger partial charge in [0.05, 0.1) is 0 Å². The van der Waals surface area contributed by atoms with Gasteiger partial charge >= 0.3 is 0 Å². The van der Waals surface area contributed by atoms with Crippen molar-refractivity contribution in [2.45, 2.75) is 32.2 Å². The number of nitrogens with one attached hydrogen (secondary N) is 1. The molecule has 3 nitrogen and oxygen atoms in total. The molecule has 1 atom stereocenters. The molecule has 1 aliphatic heterocycles. The zero-order valence-electron chi connectivity index (χ0n) is 10.6. The topological polar surface area (TPSA) is 18.5 Å². The van der Waals surface area contributed by atoms with E-state index in [-0.39, 0.29) is 0 Å². The molecule has 0 aliphatic carbocycles. The lowest BCUT2D eigenvalue weighted by Crippen LogP contribution is -2.41. The minimum absolute atomic E-state index is 0.750. The first-order valence-electron chi connectivity index (χ1n) is 6.29. The molecule has 0 aromatic heterocycles. The van der Waals surface area contributed by atoms with Crippen LogP contribution in [0.4, 0.5) is 0 Å². The van der Waals surface area contributed by atoms with Crippen LogP contribution in [0.2, 0.25) is 0 Å². The molecule has 0 saturated carbocycles. The smallest absolute Gasteiger partial charge is 0.00790 e. The SMILES string of the molecule is CC1CCNCCCN1CCCN(C)C. The van der Waals surface area contributed by atoms with Crippen molar-refractivity contribution in [3.8, 4) is 0 Å². The Morgan fingerprint density at radius 2 is 2.13 bits per heavy atom. The van der Waals surface area contributed by atoms with Gasteiger partial charge in [0.25, 0.3) is 0 Å². The number of nitrogens with zero attached hydrogens (tertiary/aromatic N) is 2. The van der Waals surface area contributed by atoms with E-state index in [1.807, 2.05) is 0 Å². The van der Waals surface area contributed by atoms with E-state index >= 15 is 0 Å². The summed E-state index contributed by atoms with van der Waals surface area (Å²) in [7, 11) is 4.31. The molecule has 0 aromatic rings. The maximum Gasteiger partial charge on any atom is 0.00790 e. The van der Waals surface area contributed by atoms with E-state index in [2.05, 4.69) is 36.1 Å². The molecule has 1 saturated heterocycles. The number of rotatable bonds is 4. The van der Waals surface area contributed by atoms with Crippen LogP contribution in [0.15, 0.2) is 0 Å². The third-order valence-electron chi connectivity index (χ3n) is 3.21. The van der Waals surface area contributed by atoms with Gasteiger partial charge in [-0.25, -0.2) is 0 Å². The molecular formula is C12H27N3. The first-order valence-corrected chi connectivity index (χ1v) is 6.29. The summed E-state index contributed by atoms with van der Waals surface area (Å²) in [6.07, 6.45) is 3.89. The molecule has 0 bridgehead atoms. The van der Waals surface area contributed by atoms with E-state index in [0.717, 1.165) is 6.04 Å². The molecule has 1 heterocycles. The maximum absolute atomic E-state index is 3.48. The van der Waals surface area contributed by atoms with Gasteiger partial charge in [-0.2, -0.15) is 0 Å². The summed E-state index contributed by atoms with van der Waals surface area (Å²) in [5, 5.41) is 3.48. The lowest BCUT2D eigenvalue weighted by atomic mass is 10.1. The Balaban J connectivity index is 2.22. The minimum atomic E-state index is 0.750. The van der Waals surface area contributed by atoms with E-state index < -0.39 is 0 Å². The Bertz CT molecular complexity index is 159. The third-order valence-corrected chi connectivity index (χ3v) is 3.21. The van der Waals surface area contributed by atoms with E-state index in [0.29, 0.717) is 0 Å². The predicted octanol–water partition coefficient (Wildman–Crippen LogP) is 1.01. The van der Waals surface area contributed by atoms with Crippen LogP contribution in [0.1, 0.15) is 26.2 Å². The van der Waals surface area contributed by atoms with Crippen LogP contribution in [0.3, 0.4) is 0 Å². The van der Waals surface area contributed by atoms with Gasteiger partial charge in [-0.3, -0.25) is 0 Å². The third kappa shape index (κ3) is 5.50. The summed E-state index contributed by atoms with van der Waals surface area (Å²) in [4.78, 5) is 4.93. The number of hydrogen-bond donors (Lipinski definition) is 1. The van der Waals surface area contributed by atoms with Crippen LogP contribution in [0, 0.1) is 0 Å². The Hall–Kier alpha value is -0.120. The second-order valence-corrected chi connectivity index (χ2v) is 4.93. The van der Waals surface area contributed by atoms with Crippen molar-refractivity contribution in [2.75, 3.05) is 46.8 Å². The Morgan fingerprint density at radius 1 is 1.33 bits per heavy atom. The quantitative estimate of drug-likeness (QED) is 0.752. The largest absolute Gasteiger partial charge is 0.317 e. The highest BCUT2D eigenvalue weighted by molar-refractivity contribution is 4.72. The van der Waals surface area contributed by atoms with E-state index in [1.165, 1.54) is 52.0 Å². The van der Waals surface area contributed by atoms with Crippen molar-refractivity contribution >= 4 is 0 Å². The highest BCUT2D eigenvalue weighted by atomic mass is 15.2. The molecule has 1 aliphatic rings. The average Bonchev–Trinajstić information content (AvgIpc) is 2.16. The predicted molar refractivity (Wildman–Crippen MR) is 66.3 cm³/mol. The fourth-order valence-corrected chi connectivity index (χ4v) is 2.17. The minimum Gasteiger partial charge on any atom is -0.317 e. The summed E-state index contributed by atoms with van der Waals surface area (Å²) in [5.41, 5.74) is 0. The molecule has 90 valence electrons. The first kappa shape index (κ1) is 12.9. The highest BCUT2D eigenvalue weighted by Gasteiger charge is 2.14. The van der Waals surface area contributed by atoms with Crippen molar-refractivity contribution in [2.24, 2.45) is 0 Å². The van der Waals surface area contributed by atoms with Gasteiger partial charge in [-0.05, 0) is 73.0 Å². The lowest BCUT2D eigenvalue weighted by molar-refractivity contribution is 0.177. The molecule has 3 heteroatoms. The molecule has 1 N–H and O–H groups in total.